The van der Waals surface area contributed by atoms with Crippen LogP contribution in [0.4, 0.5) is 0 Å². The van der Waals surface area contributed by atoms with Crippen molar-refractivity contribution in [2.45, 2.75) is 0 Å². The van der Waals surface area contributed by atoms with Gasteiger partial charge in [-0.2, -0.15) is 0 Å². The molecule has 0 fully saturated rings. The summed E-state index contributed by atoms with van der Waals surface area (Å²) in [7, 11) is -1.98. The minimum atomic E-state index is -3.15. The van der Waals surface area contributed by atoms with Gasteiger partial charge in [0, 0.05) is 18.4 Å². The molecule has 0 spiro atoms. The van der Waals surface area contributed by atoms with Crippen LogP contribution in [0.15, 0.2) is 12.2 Å². The Morgan fingerprint density at radius 1 is 1.20 bits per heavy atom. The fourth-order valence-corrected chi connectivity index (χ4v) is 0.932. The van der Waals surface area contributed by atoms with Crippen molar-refractivity contribution in [1.29, 1.82) is 0 Å². The van der Waals surface area contributed by atoms with Gasteiger partial charge >= 0.3 is 11.9 Å². The molecule has 0 aliphatic rings. The van der Waals surface area contributed by atoms with Crippen LogP contribution >= 0.6 is 0 Å². The molecule has 0 N–H and O–H groups in total. The van der Waals surface area contributed by atoms with Gasteiger partial charge < -0.3 is 9.47 Å². The topological polar surface area (TPSA) is 86.7 Å². The lowest BCUT2D eigenvalue weighted by atomic mass is 10.5. The summed E-state index contributed by atoms with van der Waals surface area (Å²) in [5, 5.41) is 0. The summed E-state index contributed by atoms with van der Waals surface area (Å²) < 4.78 is 30.0. The van der Waals surface area contributed by atoms with E-state index in [9.17, 15) is 18.0 Å². The van der Waals surface area contributed by atoms with E-state index in [2.05, 4.69) is 9.47 Å². The van der Waals surface area contributed by atoms with E-state index < -0.39 is 21.8 Å². The number of methoxy groups -OCH3 is 1. The molecule has 0 radical (unpaired) electrons. The van der Waals surface area contributed by atoms with E-state index in [1.807, 2.05) is 0 Å². The number of rotatable bonds is 5. The van der Waals surface area contributed by atoms with Crippen molar-refractivity contribution in [3.63, 3.8) is 0 Å². The lowest BCUT2D eigenvalue weighted by Gasteiger charge is -1.99. The number of hydrogen-bond acceptors (Lipinski definition) is 6. The molecule has 6 nitrogen and oxygen atoms in total. The number of carbonyl (C=O) groups excluding carboxylic acids is 2. The van der Waals surface area contributed by atoms with E-state index in [4.69, 9.17) is 0 Å². The zero-order valence-electron chi connectivity index (χ0n) is 8.43. The maximum atomic E-state index is 10.8. The first-order valence-electron chi connectivity index (χ1n) is 3.95. The van der Waals surface area contributed by atoms with E-state index in [0.29, 0.717) is 0 Å². The molecule has 0 rings (SSSR count). The van der Waals surface area contributed by atoms with Crippen LogP contribution in [-0.4, -0.2) is 46.1 Å². The molecule has 0 aromatic rings. The number of esters is 2. The Balaban J connectivity index is 3.86. The van der Waals surface area contributed by atoms with Gasteiger partial charge in [0.25, 0.3) is 0 Å². The molecule has 0 unspecified atom stereocenters. The van der Waals surface area contributed by atoms with Gasteiger partial charge in [-0.05, 0) is 0 Å². The molecular weight excluding hydrogens is 224 g/mol. The van der Waals surface area contributed by atoms with Gasteiger partial charge in [0.15, 0.2) is 9.84 Å². The molecule has 7 heteroatoms. The van der Waals surface area contributed by atoms with Gasteiger partial charge in [-0.25, -0.2) is 18.0 Å². The van der Waals surface area contributed by atoms with Gasteiger partial charge in [-0.15, -0.1) is 0 Å². The van der Waals surface area contributed by atoms with E-state index in [1.165, 1.54) is 7.11 Å². The molecule has 86 valence electrons. The van der Waals surface area contributed by atoms with E-state index in [1.54, 1.807) is 0 Å². The van der Waals surface area contributed by atoms with Crippen LogP contribution in [0.1, 0.15) is 0 Å². The standard InChI is InChI=1S/C8H12O6S/c1-13-7(9)3-4-8(10)14-5-6-15(2,11)12/h3-4H,5-6H2,1-2H3. The normalized spacial score (nSPS) is 11.3. The van der Waals surface area contributed by atoms with Crippen LogP contribution in [0.2, 0.25) is 0 Å². The van der Waals surface area contributed by atoms with Crippen molar-refractivity contribution in [1.82, 2.24) is 0 Å². The van der Waals surface area contributed by atoms with Gasteiger partial charge in [0.1, 0.15) is 6.61 Å². The molecule has 0 atom stereocenters. The molecule has 0 aromatic carbocycles. The van der Waals surface area contributed by atoms with E-state index in [-0.39, 0.29) is 12.4 Å². The van der Waals surface area contributed by atoms with Crippen LogP contribution in [0, 0.1) is 0 Å². The van der Waals surface area contributed by atoms with Crippen molar-refractivity contribution < 1.29 is 27.5 Å². The first kappa shape index (κ1) is 13.6. The SMILES string of the molecule is COC(=O)C=CC(=O)OCCS(C)(=O)=O. The summed E-state index contributed by atoms with van der Waals surface area (Å²) in [6.45, 7) is -0.233. The monoisotopic (exact) mass is 236 g/mol. The minimum absolute atomic E-state index is 0.233. The maximum absolute atomic E-state index is 10.8. The average molecular weight is 236 g/mol. The number of carbonyl (C=O) groups is 2. The second kappa shape index (κ2) is 6.18. The summed E-state index contributed by atoms with van der Waals surface area (Å²) in [5.41, 5.74) is 0. The van der Waals surface area contributed by atoms with Crippen LogP contribution in [0.25, 0.3) is 0 Å². The predicted molar refractivity (Wildman–Crippen MR) is 51.8 cm³/mol. The highest BCUT2D eigenvalue weighted by atomic mass is 32.2. The molecule has 0 aliphatic heterocycles. The van der Waals surface area contributed by atoms with Crippen LogP contribution < -0.4 is 0 Å². The quantitative estimate of drug-likeness (QED) is 0.463. The van der Waals surface area contributed by atoms with Crippen molar-refractivity contribution in [2.24, 2.45) is 0 Å². The highest BCUT2D eigenvalue weighted by molar-refractivity contribution is 7.90. The summed E-state index contributed by atoms with van der Waals surface area (Å²) in [5.74, 6) is -1.72. The Bertz CT molecular complexity index is 353. The lowest BCUT2D eigenvalue weighted by Crippen LogP contribution is -2.13. The lowest BCUT2D eigenvalue weighted by molar-refractivity contribution is -0.138. The molecule has 0 heterocycles. The van der Waals surface area contributed by atoms with Crippen molar-refractivity contribution >= 4 is 21.8 Å². The number of sulfone groups is 1. The highest BCUT2D eigenvalue weighted by Gasteiger charge is 2.04. The van der Waals surface area contributed by atoms with Gasteiger partial charge in [-0.3, -0.25) is 0 Å². The Hall–Kier alpha value is -1.37. The molecule has 15 heavy (non-hydrogen) atoms. The predicted octanol–water partition coefficient (Wildman–Crippen LogP) is -0.697. The van der Waals surface area contributed by atoms with Gasteiger partial charge in [0.2, 0.25) is 0 Å². The Morgan fingerprint density at radius 2 is 1.73 bits per heavy atom. The minimum Gasteiger partial charge on any atom is -0.466 e. The summed E-state index contributed by atoms with van der Waals surface area (Å²) in [4.78, 5) is 21.4. The fraction of sp³-hybridized carbons (Fsp3) is 0.500. The molecule has 0 aromatic heterocycles. The maximum Gasteiger partial charge on any atom is 0.331 e. The highest BCUT2D eigenvalue weighted by Crippen LogP contribution is 1.87. The Morgan fingerprint density at radius 3 is 2.20 bits per heavy atom. The summed E-state index contributed by atoms with van der Waals surface area (Å²) in [6, 6.07) is 0. The number of hydrogen-bond donors (Lipinski definition) is 0. The van der Waals surface area contributed by atoms with Crippen molar-refractivity contribution in [3.05, 3.63) is 12.2 Å². The third-order valence-corrected chi connectivity index (χ3v) is 2.16. The van der Waals surface area contributed by atoms with Crippen molar-refractivity contribution in [2.75, 3.05) is 25.7 Å². The molecule has 0 saturated heterocycles. The van der Waals surface area contributed by atoms with E-state index >= 15 is 0 Å². The van der Waals surface area contributed by atoms with E-state index in [0.717, 1.165) is 18.4 Å². The molecule has 0 saturated carbocycles. The molecule has 0 amide bonds. The first-order valence-corrected chi connectivity index (χ1v) is 6.01. The Labute approximate surface area is 87.8 Å². The first-order chi connectivity index (χ1) is 6.85. The van der Waals surface area contributed by atoms with Crippen LogP contribution in [-0.2, 0) is 28.9 Å². The zero-order chi connectivity index (χ0) is 11.9. The van der Waals surface area contributed by atoms with Crippen molar-refractivity contribution in [3.8, 4) is 0 Å². The average Bonchev–Trinajstić information content (AvgIpc) is 2.12. The third-order valence-electron chi connectivity index (χ3n) is 1.26. The summed E-state index contributed by atoms with van der Waals surface area (Å²) >= 11 is 0. The van der Waals surface area contributed by atoms with Crippen LogP contribution in [0.5, 0.6) is 0 Å². The molecule has 0 aliphatic carbocycles. The Kier molecular flexibility index (Phi) is 5.61. The van der Waals surface area contributed by atoms with Crippen LogP contribution in [0.3, 0.4) is 0 Å². The second-order valence-corrected chi connectivity index (χ2v) is 4.91. The fourth-order valence-electron chi connectivity index (χ4n) is 0.546. The second-order valence-electron chi connectivity index (χ2n) is 2.65. The smallest absolute Gasteiger partial charge is 0.331 e. The van der Waals surface area contributed by atoms with Gasteiger partial charge in [-0.1, -0.05) is 0 Å². The summed E-state index contributed by atoms with van der Waals surface area (Å²) in [6.07, 6.45) is 2.79. The largest absolute Gasteiger partial charge is 0.466 e. The molecular formula is C8H12O6S. The van der Waals surface area contributed by atoms with Gasteiger partial charge in [0.05, 0.1) is 12.9 Å². The number of ether oxygens (including phenoxy) is 2. The molecule has 0 bridgehead atoms. The third kappa shape index (κ3) is 8.95. The zero-order valence-corrected chi connectivity index (χ0v) is 9.24.